The molecule has 2 atom stereocenters. The number of hydrogen-bond donors (Lipinski definition) is 3. The van der Waals surface area contributed by atoms with E-state index in [9.17, 15) is 19.2 Å². The van der Waals surface area contributed by atoms with Crippen LogP contribution in [-0.2, 0) is 40.2 Å². The van der Waals surface area contributed by atoms with Gasteiger partial charge in [-0.2, -0.15) is 0 Å². The molecule has 0 spiro atoms. The molecule has 0 bridgehead atoms. The van der Waals surface area contributed by atoms with Crippen LogP contribution in [0.5, 0.6) is 0 Å². The van der Waals surface area contributed by atoms with Crippen LogP contribution in [-0.4, -0.2) is 47.0 Å². The second-order valence-electron chi connectivity index (χ2n) is 10.7. The molecule has 3 aromatic carbocycles. The van der Waals surface area contributed by atoms with Crippen LogP contribution in [0.2, 0.25) is 0 Å². The molecule has 1 heterocycles. The lowest BCUT2D eigenvalue weighted by Gasteiger charge is -2.36. The summed E-state index contributed by atoms with van der Waals surface area (Å²) in [5, 5.41) is 5.90. The van der Waals surface area contributed by atoms with Gasteiger partial charge in [0.25, 0.3) is 0 Å². The molecule has 1 aliphatic carbocycles. The maximum Gasteiger partial charge on any atom is 0.247 e. The van der Waals surface area contributed by atoms with Crippen molar-refractivity contribution in [3.05, 3.63) is 101 Å². The molecule has 3 aromatic rings. The first kappa shape index (κ1) is 28.2. The van der Waals surface area contributed by atoms with Crippen molar-refractivity contribution in [2.45, 2.75) is 63.6 Å². The van der Waals surface area contributed by atoms with E-state index >= 15 is 0 Å². The van der Waals surface area contributed by atoms with Crippen LogP contribution >= 0.6 is 0 Å². The van der Waals surface area contributed by atoms with Crippen LogP contribution in [0, 0.1) is 0 Å². The summed E-state index contributed by atoms with van der Waals surface area (Å²) >= 11 is 0. The lowest BCUT2D eigenvalue weighted by molar-refractivity contribution is -0.142. The summed E-state index contributed by atoms with van der Waals surface area (Å²) < 4.78 is 0. The number of benzene rings is 3. The number of nitrogens with one attached hydrogen (secondary N) is 2. The van der Waals surface area contributed by atoms with Gasteiger partial charge in [-0.25, -0.2) is 0 Å². The van der Waals surface area contributed by atoms with Gasteiger partial charge >= 0.3 is 0 Å². The summed E-state index contributed by atoms with van der Waals surface area (Å²) in [5.74, 6) is -1.13. The molecule has 8 nitrogen and oxygen atoms in total. The molecule has 2 aliphatic rings. The highest BCUT2D eigenvalue weighted by molar-refractivity contribution is 6.00. The highest BCUT2D eigenvalue weighted by atomic mass is 16.2. The average Bonchev–Trinajstić information content (AvgIpc) is 3.49. The van der Waals surface area contributed by atoms with E-state index in [4.69, 9.17) is 5.73 Å². The van der Waals surface area contributed by atoms with Gasteiger partial charge < -0.3 is 21.3 Å². The molecule has 0 saturated heterocycles. The van der Waals surface area contributed by atoms with E-state index in [1.165, 1.54) is 10.5 Å². The maximum atomic E-state index is 13.7. The predicted molar refractivity (Wildman–Crippen MR) is 157 cm³/mol. The van der Waals surface area contributed by atoms with Crippen LogP contribution in [0.15, 0.2) is 72.8 Å². The van der Waals surface area contributed by atoms with Crippen LogP contribution < -0.4 is 16.4 Å². The lowest BCUT2D eigenvalue weighted by Crippen LogP contribution is -2.56. The number of aryl methyl sites for hydroxylation is 1. The minimum absolute atomic E-state index is 0.00843. The topological polar surface area (TPSA) is 122 Å². The number of rotatable bonds is 10. The molecule has 0 radical (unpaired) electrons. The number of amides is 3. The second-order valence-corrected chi connectivity index (χ2v) is 10.7. The van der Waals surface area contributed by atoms with E-state index in [1.54, 1.807) is 24.3 Å². The molecule has 0 fully saturated rings. The number of Topliss-reactive ketones (excluding diaryl/α,β-unsaturated/α-hetero) is 1. The van der Waals surface area contributed by atoms with E-state index in [0.29, 0.717) is 12.0 Å². The number of fused-ring (bicyclic) bond motifs is 2. The molecule has 1 aliphatic heterocycles. The normalized spacial score (nSPS) is 16.3. The van der Waals surface area contributed by atoms with Gasteiger partial charge in [-0.1, -0.05) is 66.7 Å². The standard InChI is InChI=1S/C33H36N4O4/c34-19-18-28(32(40)35-27-15-7-13-22-12-6-14-26(22)27)36-33(41)29-20-24-10-4-5-11-25(24)21-37(29)31(39)17-16-30(38)23-8-2-1-3-9-23/h1-5,7-11,13,15,28-29H,6,12,14,16-21,34H2,(H,35,40)(H,36,41)/t28-,29-/m0/s1. The summed E-state index contributed by atoms with van der Waals surface area (Å²) in [7, 11) is 0. The number of nitrogens with zero attached hydrogens (tertiary/aromatic N) is 1. The fraction of sp³-hybridized carbons (Fsp3) is 0.333. The highest BCUT2D eigenvalue weighted by Gasteiger charge is 2.36. The van der Waals surface area contributed by atoms with Crippen molar-refractivity contribution in [2.24, 2.45) is 5.73 Å². The van der Waals surface area contributed by atoms with Crippen molar-refractivity contribution < 1.29 is 19.2 Å². The van der Waals surface area contributed by atoms with Crippen molar-refractivity contribution in [2.75, 3.05) is 11.9 Å². The van der Waals surface area contributed by atoms with Crippen LogP contribution in [0.1, 0.15) is 58.3 Å². The van der Waals surface area contributed by atoms with Crippen LogP contribution in [0.25, 0.3) is 0 Å². The largest absolute Gasteiger partial charge is 0.342 e. The molecule has 8 heteroatoms. The molecule has 0 aromatic heterocycles. The van der Waals surface area contributed by atoms with E-state index in [1.807, 2.05) is 42.5 Å². The first-order chi connectivity index (χ1) is 19.9. The van der Waals surface area contributed by atoms with Crippen molar-refractivity contribution in [3.63, 3.8) is 0 Å². The third-order valence-corrected chi connectivity index (χ3v) is 8.03. The Bertz CT molecular complexity index is 1440. The maximum absolute atomic E-state index is 13.7. The van der Waals surface area contributed by atoms with Crippen LogP contribution in [0.4, 0.5) is 5.69 Å². The molecule has 212 valence electrons. The molecule has 5 rings (SSSR count). The SMILES string of the molecule is NCC[C@H](NC(=O)[C@@H]1Cc2ccccc2CN1C(=O)CCC(=O)c1ccccc1)C(=O)Nc1cccc2c1CCC2. The third kappa shape index (κ3) is 6.55. The summed E-state index contributed by atoms with van der Waals surface area (Å²) in [6.45, 7) is 0.472. The Labute approximate surface area is 240 Å². The Morgan fingerprint density at radius 1 is 0.854 bits per heavy atom. The fourth-order valence-electron chi connectivity index (χ4n) is 5.81. The second kappa shape index (κ2) is 12.9. The summed E-state index contributed by atoms with van der Waals surface area (Å²) in [4.78, 5) is 54.7. The first-order valence-electron chi connectivity index (χ1n) is 14.3. The lowest BCUT2D eigenvalue weighted by atomic mass is 9.92. The zero-order valence-corrected chi connectivity index (χ0v) is 23.1. The van der Waals surface area contributed by atoms with E-state index < -0.39 is 18.0 Å². The smallest absolute Gasteiger partial charge is 0.247 e. The molecule has 4 N–H and O–H groups in total. The molecule has 41 heavy (non-hydrogen) atoms. The van der Waals surface area contributed by atoms with Gasteiger partial charge in [0.1, 0.15) is 12.1 Å². The van der Waals surface area contributed by atoms with Gasteiger partial charge in [0.05, 0.1) is 0 Å². The summed E-state index contributed by atoms with van der Waals surface area (Å²) in [6, 6.07) is 20.8. The number of hydrogen-bond acceptors (Lipinski definition) is 5. The Morgan fingerprint density at radius 2 is 1.59 bits per heavy atom. The van der Waals surface area contributed by atoms with E-state index in [2.05, 4.69) is 16.7 Å². The molecule has 0 unspecified atom stereocenters. The monoisotopic (exact) mass is 552 g/mol. The van der Waals surface area contributed by atoms with Crippen molar-refractivity contribution in [1.29, 1.82) is 0 Å². The number of ketones is 1. The number of carbonyl (C=O) groups excluding carboxylic acids is 4. The minimum atomic E-state index is -0.849. The quantitative estimate of drug-likeness (QED) is 0.332. The van der Waals surface area contributed by atoms with E-state index in [0.717, 1.165) is 41.6 Å². The molecule has 0 saturated carbocycles. The Hall–Kier alpha value is -4.30. The van der Waals surface area contributed by atoms with Gasteiger partial charge in [-0.15, -0.1) is 0 Å². The molecular formula is C33H36N4O4. The minimum Gasteiger partial charge on any atom is -0.342 e. The number of anilines is 1. The number of nitrogens with two attached hydrogens (primary N) is 1. The van der Waals surface area contributed by atoms with Gasteiger partial charge in [0.15, 0.2) is 5.78 Å². The average molecular weight is 553 g/mol. The third-order valence-electron chi connectivity index (χ3n) is 8.03. The van der Waals surface area contributed by atoms with Crippen molar-refractivity contribution in [3.8, 4) is 0 Å². The molecular weight excluding hydrogens is 516 g/mol. The van der Waals surface area contributed by atoms with Crippen molar-refractivity contribution >= 4 is 29.2 Å². The summed E-state index contributed by atoms with van der Waals surface area (Å²) in [6.07, 6.45) is 3.57. The zero-order valence-electron chi connectivity index (χ0n) is 23.1. The van der Waals surface area contributed by atoms with Gasteiger partial charge in [-0.3, -0.25) is 19.2 Å². The highest BCUT2D eigenvalue weighted by Crippen LogP contribution is 2.29. The number of carbonyl (C=O) groups is 4. The summed E-state index contributed by atoms with van der Waals surface area (Å²) in [5.41, 5.74) is 11.5. The molecule has 3 amide bonds. The van der Waals surface area contributed by atoms with Gasteiger partial charge in [0.2, 0.25) is 17.7 Å². The Kier molecular flexibility index (Phi) is 8.89. The zero-order chi connectivity index (χ0) is 28.8. The first-order valence-corrected chi connectivity index (χ1v) is 14.3. The van der Waals surface area contributed by atoms with E-state index in [-0.39, 0.29) is 49.9 Å². The Balaban J connectivity index is 1.30. The van der Waals surface area contributed by atoms with Gasteiger partial charge in [-0.05, 0) is 60.5 Å². The van der Waals surface area contributed by atoms with Crippen molar-refractivity contribution in [1.82, 2.24) is 10.2 Å². The van der Waals surface area contributed by atoms with Crippen LogP contribution in [0.3, 0.4) is 0 Å². The van der Waals surface area contributed by atoms with Gasteiger partial charge in [0, 0.05) is 37.1 Å². The fourth-order valence-corrected chi connectivity index (χ4v) is 5.81. The Morgan fingerprint density at radius 3 is 2.37 bits per heavy atom. The predicted octanol–water partition coefficient (Wildman–Crippen LogP) is 3.56.